The lowest BCUT2D eigenvalue weighted by Crippen LogP contribution is -2.51. The molecule has 4 heterocycles. The Morgan fingerprint density at radius 2 is 1.88 bits per heavy atom. The number of nitrogens with one attached hydrogen (secondary N) is 1. The molecule has 2 aliphatic heterocycles. The van der Waals surface area contributed by atoms with E-state index in [-0.39, 0.29) is 39.5 Å². The summed E-state index contributed by atoms with van der Waals surface area (Å²) in [6.45, 7) is 5.24. The first-order chi connectivity index (χ1) is 20.5. The zero-order chi connectivity index (χ0) is 29.2. The number of piperazine rings is 1. The molecule has 42 heavy (non-hydrogen) atoms. The maximum atomic E-state index is 16.5. The number of pyridine rings is 1. The molecule has 4 aromatic rings. The van der Waals surface area contributed by atoms with Crippen LogP contribution >= 0.6 is 0 Å². The first-order valence-corrected chi connectivity index (χ1v) is 14.5. The van der Waals surface area contributed by atoms with Gasteiger partial charge in [-0.1, -0.05) is 18.9 Å². The van der Waals surface area contributed by atoms with Crippen molar-refractivity contribution in [1.29, 1.82) is 0 Å². The van der Waals surface area contributed by atoms with Crippen molar-refractivity contribution in [3.05, 3.63) is 47.7 Å². The van der Waals surface area contributed by atoms with Gasteiger partial charge in [0.15, 0.2) is 5.82 Å². The fourth-order valence-electron chi connectivity index (χ4n) is 5.95. The van der Waals surface area contributed by atoms with Crippen LogP contribution in [-0.2, 0) is 4.74 Å². The van der Waals surface area contributed by atoms with E-state index in [2.05, 4.69) is 33.0 Å². The lowest BCUT2D eigenvalue weighted by molar-refractivity contribution is 0.126. The molecule has 2 unspecified atom stereocenters. The number of halogens is 2. The van der Waals surface area contributed by atoms with Crippen molar-refractivity contribution in [3.8, 4) is 35.4 Å². The monoisotopic (exact) mass is 573 g/mol. The van der Waals surface area contributed by atoms with Gasteiger partial charge in [-0.15, -0.1) is 6.42 Å². The Balaban J connectivity index is 1.43. The minimum Gasteiger partial charge on any atom is -0.508 e. The number of phenols is 1. The van der Waals surface area contributed by atoms with E-state index in [1.165, 1.54) is 30.5 Å². The molecule has 0 spiro atoms. The maximum absolute atomic E-state index is 16.5. The highest BCUT2D eigenvalue weighted by Gasteiger charge is 2.34. The second-order valence-electron chi connectivity index (χ2n) is 10.9. The number of nitrogens with zero attached hydrogens (tertiary/aromatic N) is 4. The molecule has 2 bridgehead atoms. The van der Waals surface area contributed by atoms with E-state index >= 15 is 4.39 Å². The Kier molecular flexibility index (Phi) is 8.05. The second kappa shape index (κ2) is 12.0. The summed E-state index contributed by atoms with van der Waals surface area (Å²) in [5.74, 6) is 1.46. The van der Waals surface area contributed by atoms with Crippen LogP contribution in [0.25, 0.3) is 32.9 Å². The molecule has 0 saturated carbocycles. The van der Waals surface area contributed by atoms with E-state index in [0.717, 1.165) is 51.8 Å². The molecule has 2 aromatic carbocycles. The summed E-state index contributed by atoms with van der Waals surface area (Å²) in [5, 5.41) is 15.3. The summed E-state index contributed by atoms with van der Waals surface area (Å²) in [5.41, 5.74) is 0.0732. The fourth-order valence-corrected chi connectivity index (χ4v) is 5.95. The maximum Gasteiger partial charge on any atom is 0.319 e. The van der Waals surface area contributed by atoms with Gasteiger partial charge in [-0.2, -0.15) is 9.97 Å². The number of terminal acetylenes is 1. The van der Waals surface area contributed by atoms with E-state index in [0.29, 0.717) is 41.9 Å². The van der Waals surface area contributed by atoms with E-state index in [4.69, 9.17) is 20.9 Å². The highest BCUT2D eigenvalue weighted by atomic mass is 19.1. The third-order valence-corrected chi connectivity index (χ3v) is 7.87. The van der Waals surface area contributed by atoms with Crippen LogP contribution in [0.1, 0.15) is 44.6 Å². The minimum absolute atomic E-state index is 0.0320. The van der Waals surface area contributed by atoms with Crippen molar-refractivity contribution in [1.82, 2.24) is 20.3 Å². The molecule has 2 atom stereocenters. The number of aromatic nitrogens is 3. The third kappa shape index (κ3) is 5.42. The number of ether oxygens (including phenoxy) is 2. The molecular formula is C32H33F2N5O3. The average Bonchev–Trinajstić information content (AvgIpc) is 3.33. The van der Waals surface area contributed by atoms with Crippen LogP contribution in [0.3, 0.4) is 0 Å². The second-order valence-corrected chi connectivity index (χ2v) is 10.9. The van der Waals surface area contributed by atoms with Crippen LogP contribution in [-0.4, -0.2) is 65.1 Å². The molecular weight excluding hydrogens is 540 g/mol. The van der Waals surface area contributed by atoms with E-state index in [9.17, 15) is 9.50 Å². The lowest BCUT2D eigenvalue weighted by atomic mass is 9.96. The fraction of sp³-hybridized carbons (Fsp3) is 0.406. The summed E-state index contributed by atoms with van der Waals surface area (Å²) in [7, 11) is 0. The first kappa shape index (κ1) is 28.1. The largest absolute Gasteiger partial charge is 0.508 e. The molecule has 8 nitrogen and oxygen atoms in total. The molecule has 0 amide bonds. The van der Waals surface area contributed by atoms with Crippen LogP contribution in [0.5, 0.6) is 11.8 Å². The molecule has 2 N–H and O–H groups in total. The van der Waals surface area contributed by atoms with Gasteiger partial charge in [0.2, 0.25) is 0 Å². The zero-order valence-electron chi connectivity index (χ0n) is 23.5. The Hall–Kier alpha value is -4.07. The molecule has 218 valence electrons. The molecule has 10 heteroatoms. The van der Waals surface area contributed by atoms with Gasteiger partial charge < -0.3 is 24.8 Å². The Morgan fingerprint density at radius 3 is 2.64 bits per heavy atom. The van der Waals surface area contributed by atoms with Crippen molar-refractivity contribution in [2.45, 2.75) is 51.1 Å². The van der Waals surface area contributed by atoms with Gasteiger partial charge in [0, 0.05) is 55.5 Å². The van der Waals surface area contributed by atoms with Crippen molar-refractivity contribution in [2.75, 3.05) is 37.8 Å². The van der Waals surface area contributed by atoms with E-state index < -0.39 is 11.6 Å². The topological polar surface area (TPSA) is 92.6 Å². The quantitative estimate of drug-likeness (QED) is 0.194. The number of rotatable bonds is 10. The minimum atomic E-state index is -0.730. The van der Waals surface area contributed by atoms with Gasteiger partial charge in [-0.25, -0.2) is 8.78 Å². The average molecular weight is 574 g/mol. The normalized spacial score (nSPS) is 18.1. The van der Waals surface area contributed by atoms with Gasteiger partial charge in [0.05, 0.1) is 17.6 Å². The smallest absolute Gasteiger partial charge is 0.319 e. The van der Waals surface area contributed by atoms with E-state index in [1.54, 1.807) is 0 Å². The molecule has 2 fully saturated rings. The SMILES string of the molecule is C#Cc1c(F)ccc2cc(O)cc(-c3ncc4c(N5CC6CCC(C5)N6)nc(OCCCCOCCC)nc4c3F)c12. The van der Waals surface area contributed by atoms with Crippen molar-refractivity contribution in [2.24, 2.45) is 0 Å². The number of benzene rings is 2. The van der Waals surface area contributed by atoms with Gasteiger partial charge >= 0.3 is 6.01 Å². The summed E-state index contributed by atoms with van der Waals surface area (Å²) in [6.07, 6.45) is 11.9. The predicted octanol–water partition coefficient (Wildman–Crippen LogP) is 5.34. The van der Waals surface area contributed by atoms with Gasteiger partial charge in [0.1, 0.15) is 28.6 Å². The number of aromatic hydroxyl groups is 1. The Bertz CT molecular complexity index is 1660. The summed E-state index contributed by atoms with van der Waals surface area (Å²) in [6, 6.07) is 6.24. The summed E-state index contributed by atoms with van der Waals surface area (Å²) < 4.78 is 42.7. The molecule has 6 rings (SSSR count). The number of anilines is 1. The van der Waals surface area contributed by atoms with Crippen LogP contribution in [0.15, 0.2) is 30.5 Å². The van der Waals surface area contributed by atoms with Gasteiger partial charge in [-0.05, 0) is 55.7 Å². The predicted molar refractivity (Wildman–Crippen MR) is 158 cm³/mol. The van der Waals surface area contributed by atoms with Crippen LogP contribution in [0.4, 0.5) is 14.6 Å². The summed E-state index contributed by atoms with van der Waals surface area (Å²) >= 11 is 0. The standard InChI is InChI=1S/C32H33F2N5O3/c1-3-11-41-12-5-6-13-42-32-37-30-25(31(38-32)39-17-20-8-9-21(18-39)36-20)16-35-29(28(30)34)24-15-22(40)14-19-7-10-26(33)23(4-2)27(19)24/h2,7,10,14-16,20-21,36,40H,3,5-6,8-9,11-13,17-18H2,1H3. The molecule has 2 aliphatic rings. The number of phenolic OH excluding ortho intramolecular Hbond substituents is 1. The number of hydrogen-bond acceptors (Lipinski definition) is 8. The van der Waals surface area contributed by atoms with Gasteiger partial charge in [-0.3, -0.25) is 4.98 Å². The number of unbranched alkanes of at least 4 members (excludes halogenated alkanes) is 1. The first-order valence-electron chi connectivity index (χ1n) is 14.5. The Morgan fingerprint density at radius 1 is 1.10 bits per heavy atom. The van der Waals surface area contributed by atoms with E-state index in [1.807, 2.05) is 0 Å². The summed E-state index contributed by atoms with van der Waals surface area (Å²) in [4.78, 5) is 15.8. The van der Waals surface area contributed by atoms with Crippen molar-refractivity contribution < 1.29 is 23.4 Å². The zero-order valence-corrected chi connectivity index (χ0v) is 23.5. The molecule has 2 saturated heterocycles. The number of fused-ring (bicyclic) bond motifs is 4. The molecule has 0 aliphatic carbocycles. The molecule has 0 radical (unpaired) electrons. The molecule has 2 aromatic heterocycles. The third-order valence-electron chi connectivity index (χ3n) is 7.87. The highest BCUT2D eigenvalue weighted by Crippen LogP contribution is 2.39. The van der Waals surface area contributed by atoms with Crippen LogP contribution < -0.4 is 15.0 Å². The van der Waals surface area contributed by atoms with Crippen LogP contribution in [0, 0.1) is 24.0 Å². The van der Waals surface area contributed by atoms with Crippen molar-refractivity contribution in [3.63, 3.8) is 0 Å². The number of hydrogen-bond donors (Lipinski definition) is 2. The van der Waals surface area contributed by atoms with Crippen LogP contribution in [0.2, 0.25) is 0 Å². The Labute approximate surface area is 243 Å². The van der Waals surface area contributed by atoms with Gasteiger partial charge in [0.25, 0.3) is 0 Å². The van der Waals surface area contributed by atoms with Crippen molar-refractivity contribution >= 4 is 27.5 Å². The lowest BCUT2D eigenvalue weighted by Gasteiger charge is -2.34. The highest BCUT2D eigenvalue weighted by molar-refractivity contribution is 6.03.